The van der Waals surface area contributed by atoms with Crippen molar-refractivity contribution in [2.75, 3.05) is 31.1 Å². The van der Waals surface area contributed by atoms with Crippen LogP contribution >= 0.6 is 0 Å². The first-order valence-corrected chi connectivity index (χ1v) is 9.99. The molecule has 29 heavy (non-hydrogen) atoms. The molecule has 0 radical (unpaired) electrons. The third-order valence-electron chi connectivity index (χ3n) is 5.90. The lowest BCUT2D eigenvalue weighted by atomic mass is 10.1. The lowest BCUT2D eigenvalue weighted by Gasteiger charge is -2.37. The van der Waals surface area contributed by atoms with Gasteiger partial charge in [-0.05, 0) is 37.1 Å². The number of rotatable bonds is 3. The SMILES string of the molecule is Cc1cccc(N2CCN(C(=O)Cc3nn(C)c(=O)c4ccccc34)CC2)c1C. The highest BCUT2D eigenvalue weighted by molar-refractivity contribution is 5.88. The highest BCUT2D eigenvalue weighted by atomic mass is 16.2. The second-order valence-electron chi connectivity index (χ2n) is 7.68. The summed E-state index contributed by atoms with van der Waals surface area (Å²) >= 11 is 0. The maximum atomic E-state index is 13.0. The first kappa shape index (κ1) is 19.2. The summed E-state index contributed by atoms with van der Waals surface area (Å²) in [6.07, 6.45) is 0.206. The molecule has 1 aliphatic rings. The van der Waals surface area contributed by atoms with Crippen LogP contribution in [0.15, 0.2) is 47.3 Å². The fourth-order valence-electron chi connectivity index (χ4n) is 4.04. The zero-order valence-corrected chi connectivity index (χ0v) is 17.2. The molecule has 1 fully saturated rings. The molecule has 0 spiro atoms. The molecule has 1 aliphatic heterocycles. The number of hydrogen-bond acceptors (Lipinski definition) is 4. The van der Waals surface area contributed by atoms with Gasteiger partial charge in [0.25, 0.3) is 5.56 Å². The predicted molar refractivity (Wildman–Crippen MR) is 115 cm³/mol. The van der Waals surface area contributed by atoms with Crippen molar-refractivity contribution in [2.45, 2.75) is 20.3 Å². The Morgan fingerprint density at radius 2 is 1.66 bits per heavy atom. The molecule has 2 aromatic carbocycles. The zero-order chi connectivity index (χ0) is 20.5. The number of hydrogen-bond donors (Lipinski definition) is 0. The van der Waals surface area contributed by atoms with Gasteiger partial charge in [0.1, 0.15) is 0 Å². The number of anilines is 1. The van der Waals surface area contributed by atoms with Crippen LogP contribution in [0.5, 0.6) is 0 Å². The first-order valence-electron chi connectivity index (χ1n) is 9.99. The molecule has 0 bridgehead atoms. The summed E-state index contributed by atoms with van der Waals surface area (Å²) in [5.74, 6) is 0.0573. The van der Waals surface area contributed by atoms with Gasteiger partial charge in [-0.15, -0.1) is 0 Å². The number of nitrogens with zero attached hydrogens (tertiary/aromatic N) is 4. The standard InChI is InChI=1S/C23H26N4O2/c1-16-7-6-10-21(17(16)2)26-11-13-27(14-12-26)22(28)15-20-18-8-4-5-9-19(18)23(29)25(3)24-20/h4-10H,11-15H2,1-3H3. The van der Waals surface area contributed by atoms with E-state index in [1.54, 1.807) is 13.1 Å². The number of aromatic nitrogens is 2. The van der Waals surface area contributed by atoms with Crippen molar-refractivity contribution < 1.29 is 4.79 Å². The average Bonchev–Trinajstić information content (AvgIpc) is 2.74. The van der Waals surface area contributed by atoms with E-state index in [2.05, 4.69) is 42.0 Å². The third kappa shape index (κ3) is 3.62. The van der Waals surface area contributed by atoms with Gasteiger partial charge in [0.2, 0.25) is 5.91 Å². The third-order valence-corrected chi connectivity index (χ3v) is 5.90. The Balaban J connectivity index is 1.49. The molecule has 6 nitrogen and oxygen atoms in total. The van der Waals surface area contributed by atoms with Gasteiger partial charge < -0.3 is 9.80 Å². The minimum Gasteiger partial charge on any atom is -0.368 e. The van der Waals surface area contributed by atoms with Gasteiger partial charge in [-0.25, -0.2) is 4.68 Å². The topological polar surface area (TPSA) is 58.4 Å². The van der Waals surface area contributed by atoms with Crippen molar-refractivity contribution >= 4 is 22.4 Å². The molecule has 1 aromatic heterocycles. The summed E-state index contributed by atoms with van der Waals surface area (Å²) in [6.45, 7) is 7.29. The fraction of sp³-hybridized carbons (Fsp3) is 0.348. The highest BCUT2D eigenvalue weighted by Gasteiger charge is 2.23. The van der Waals surface area contributed by atoms with Crippen LogP contribution in [0.2, 0.25) is 0 Å². The Bertz CT molecular complexity index is 1130. The molecule has 1 saturated heterocycles. The first-order chi connectivity index (χ1) is 14.0. The van der Waals surface area contributed by atoms with Gasteiger partial charge in [-0.2, -0.15) is 5.10 Å². The largest absolute Gasteiger partial charge is 0.368 e. The van der Waals surface area contributed by atoms with Gasteiger partial charge in [0, 0.05) is 44.3 Å². The Hall–Kier alpha value is -3.15. The zero-order valence-electron chi connectivity index (χ0n) is 17.2. The molecule has 0 unspecified atom stereocenters. The van der Waals surface area contributed by atoms with E-state index >= 15 is 0 Å². The van der Waals surface area contributed by atoms with Gasteiger partial charge in [0.05, 0.1) is 17.5 Å². The number of piperazine rings is 1. The molecular formula is C23H26N4O2. The van der Waals surface area contributed by atoms with E-state index in [1.807, 2.05) is 23.1 Å². The summed E-state index contributed by atoms with van der Waals surface area (Å²) < 4.78 is 1.32. The van der Waals surface area contributed by atoms with E-state index in [4.69, 9.17) is 0 Å². The highest BCUT2D eigenvalue weighted by Crippen LogP contribution is 2.24. The van der Waals surface area contributed by atoms with Crippen LogP contribution in [0.3, 0.4) is 0 Å². The molecule has 0 aliphatic carbocycles. The summed E-state index contributed by atoms with van der Waals surface area (Å²) in [7, 11) is 1.63. The number of benzene rings is 2. The Morgan fingerprint density at radius 3 is 2.38 bits per heavy atom. The summed E-state index contributed by atoms with van der Waals surface area (Å²) in [4.78, 5) is 29.5. The van der Waals surface area contributed by atoms with E-state index in [0.717, 1.165) is 18.5 Å². The van der Waals surface area contributed by atoms with Gasteiger partial charge in [-0.1, -0.05) is 30.3 Å². The number of fused-ring (bicyclic) bond motifs is 1. The maximum absolute atomic E-state index is 13.0. The molecule has 4 rings (SSSR count). The molecule has 2 heterocycles. The van der Waals surface area contributed by atoms with E-state index in [0.29, 0.717) is 24.2 Å². The summed E-state index contributed by atoms with van der Waals surface area (Å²) in [5, 5.41) is 5.73. The summed E-state index contributed by atoms with van der Waals surface area (Å²) in [5.41, 5.74) is 4.35. The van der Waals surface area contributed by atoms with Crippen LogP contribution in [-0.4, -0.2) is 46.8 Å². The van der Waals surface area contributed by atoms with Gasteiger partial charge >= 0.3 is 0 Å². The van der Waals surface area contributed by atoms with Crippen LogP contribution in [0.25, 0.3) is 10.8 Å². The van der Waals surface area contributed by atoms with Gasteiger partial charge in [0.15, 0.2) is 0 Å². The van der Waals surface area contributed by atoms with Crippen LogP contribution in [-0.2, 0) is 18.3 Å². The van der Waals surface area contributed by atoms with Crippen molar-refractivity contribution in [3.63, 3.8) is 0 Å². The molecule has 0 N–H and O–H groups in total. The van der Waals surface area contributed by atoms with Gasteiger partial charge in [-0.3, -0.25) is 9.59 Å². The minimum absolute atomic E-state index is 0.0573. The van der Waals surface area contributed by atoms with E-state index in [-0.39, 0.29) is 17.9 Å². The molecule has 150 valence electrons. The van der Waals surface area contributed by atoms with E-state index in [9.17, 15) is 9.59 Å². The van der Waals surface area contributed by atoms with E-state index in [1.165, 1.54) is 21.5 Å². The fourth-order valence-corrected chi connectivity index (χ4v) is 4.04. The molecular weight excluding hydrogens is 364 g/mol. The normalized spacial score (nSPS) is 14.4. The van der Waals surface area contributed by atoms with Crippen molar-refractivity contribution in [1.82, 2.24) is 14.7 Å². The second kappa shape index (κ2) is 7.70. The number of carbonyl (C=O) groups excluding carboxylic acids is 1. The Morgan fingerprint density at radius 1 is 0.966 bits per heavy atom. The molecule has 0 saturated carbocycles. The number of aryl methyl sites for hydroxylation is 2. The molecule has 1 amide bonds. The van der Waals surface area contributed by atoms with Crippen molar-refractivity contribution in [3.8, 4) is 0 Å². The lowest BCUT2D eigenvalue weighted by Crippen LogP contribution is -2.49. The monoisotopic (exact) mass is 390 g/mol. The van der Waals surface area contributed by atoms with Crippen molar-refractivity contribution in [3.05, 3.63) is 69.6 Å². The van der Waals surface area contributed by atoms with Crippen LogP contribution < -0.4 is 10.5 Å². The average molecular weight is 390 g/mol. The van der Waals surface area contributed by atoms with E-state index < -0.39 is 0 Å². The number of carbonyl (C=O) groups is 1. The smallest absolute Gasteiger partial charge is 0.274 e. The molecule has 0 atom stereocenters. The molecule has 3 aromatic rings. The Kier molecular flexibility index (Phi) is 5.09. The summed E-state index contributed by atoms with van der Waals surface area (Å²) in [6, 6.07) is 13.7. The Labute approximate surface area is 170 Å². The van der Waals surface area contributed by atoms with Crippen LogP contribution in [0, 0.1) is 13.8 Å². The lowest BCUT2D eigenvalue weighted by molar-refractivity contribution is -0.130. The minimum atomic E-state index is -0.140. The van der Waals surface area contributed by atoms with Crippen molar-refractivity contribution in [1.29, 1.82) is 0 Å². The number of amides is 1. The maximum Gasteiger partial charge on any atom is 0.274 e. The quantitative estimate of drug-likeness (QED) is 0.689. The molecule has 6 heteroatoms. The van der Waals surface area contributed by atoms with Crippen LogP contribution in [0.1, 0.15) is 16.8 Å². The predicted octanol–water partition coefficient (Wildman–Crippen LogP) is 2.44. The second-order valence-corrected chi connectivity index (χ2v) is 7.68. The van der Waals surface area contributed by atoms with Crippen molar-refractivity contribution in [2.24, 2.45) is 7.05 Å². The van der Waals surface area contributed by atoms with Crippen LogP contribution in [0.4, 0.5) is 5.69 Å².